The van der Waals surface area contributed by atoms with E-state index in [0.717, 1.165) is 29.3 Å². The molecular formula is C16H27NOS. The minimum absolute atomic E-state index is 0.0666. The zero-order valence-corrected chi connectivity index (χ0v) is 13.1. The molecule has 0 aromatic rings. The summed E-state index contributed by atoms with van der Waals surface area (Å²) in [5.41, 5.74) is 0.569. The molecule has 0 aromatic heterocycles. The van der Waals surface area contributed by atoms with Gasteiger partial charge < -0.3 is 5.32 Å². The molecule has 2 atom stereocenters. The minimum Gasteiger partial charge on any atom is -0.307 e. The SMILES string of the molecule is CC1(C)CS(=O)CC(C23CC4CC(CC(C4)C2)C3)N1. The van der Waals surface area contributed by atoms with Gasteiger partial charge in [-0.15, -0.1) is 0 Å². The van der Waals surface area contributed by atoms with Crippen LogP contribution in [-0.4, -0.2) is 27.3 Å². The number of hydrogen-bond acceptors (Lipinski definition) is 2. The summed E-state index contributed by atoms with van der Waals surface area (Å²) in [6.07, 6.45) is 8.76. The van der Waals surface area contributed by atoms with Crippen molar-refractivity contribution in [1.82, 2.24) is 5.32 Å². The molecule has 108 valence electrons. The molecule has 5 aliphatic rings. The van der Waals surface area contributed by atoms with Crippen molar-refractivity contribution >= 4 is 10.8 Å². The Bertz CT molecular complexity index is 382. The second-order valence-corrected chi connectivity index (χ2v) is 10.1. The second kappa shape index (κ2) is 4.07. The fourth-order valence-electron chi connectivity index (χ4n) is 6.14. The summed E-state index contributed by atoms with van der Waals surface area (Å²) >= 11 is 0. The number of rotatable bonds is 1. The van der Waals surface area contributed by atoms with Gasteiger partial charge in [0.05, 0.1) is 0 Å². The van der Waals surface area contributed by atoms with Crippen LogP contribution in [0.2, 0.25) is 0 Å². The lowest BCUT2D eigenvalue weighted by Gasteiger charge is -2.61. The van der Waals surface area contributed by atoms with Gasteiger partial charge in [-0.1, -0.05) is 0 Å². The van der Waals surface area contributed by atoms with Gasteiger partial charge in [-0.3, -0.25) is 4.21 Å². The Hall–Kier alpha value is 0.110. The third kappa shape index (κ3) is 2.12. The van der Waals surface area contributed by atoms with E-state index in [2.05, 4.69) is 19.2 Å². The van der Waals surface area contributed by atoms with Crippen molar-refractivity contribution in [3.63, 3.8) is 0 Å². The van der Waals surface area contributed by atoms with Gasteiger partial charge in [-0.2, -0.15) is 0 Å². The molecule has 1 saturated heterocycles. The van der Waals surface area contributed by atoms with E-state index in [1.807, 2.05) is 0 Å². The first-order valence-corrected chi connectivity index (χ1v) is 9.56. The largest absolute Gasteiger partial charge is 0.307 e. The zero-order valence-electron chi connectivity index (χ0n) is 12.3. The predicted octanol–water partition coefficient (Wildman–Crippen LogP) is 2.70. The lowest BCUT2D eigenvalue weighted by Crippen LogP contribution is -2.65. The Balaban J connectivity index is 1.62. The maximum Gasteiger partial charge on any atom is 0.0412 e. The Morgan fingerprint density at radius 2 is 1.53 bits per heavy atom. The van der Waals surface area contributed by atoms with Crippen molar-refractivity contribution in [2.24, 2.45) is 23.2 Å². The highest BCUT2D eigenvalue weighted by Crippen LogP contribution is 2.61. The van der Waals surface area contributed by atoms with Crippen molar-refractivity contribution in [3.8, 4) is 0 Å². The van der Waals surface area contributed by atoms with Crippen LogP contribution in [0.4, 0.5) is 0 Å². The molecule has 0 spiro atoms. The number of nitrogens with one attached hydrogen (secondary N) is 1. The highest BCUT2D eigenvalue weighted by atomic mass is 32.2. The molecule has 5 fully saturated rings. The summed E-state index contributed by atoms with van der Waals surface area (Å²) in [6.45, 7) is 4.47. The third-order valence-electron chi connectivity index (χ3n) is 6.26. The molecule has 4 aliphatic carbocycles. The van der Waals surface area contributed by atoms with E-state index < -0.39 is 10.8 Å². The summed E-state index contributed by atoms with van der Waals surface area (Å²) in [5, 5.41) is 3.89. The molecule has 1 N–H and O–H groups in total. The quantitative estimate of drug-likeness (QED) is 0.800. The van der Waals surface area contributed by atoms with E-state index >= 15 is 0 Å². The van der Waals surface area contributed by atoms with Gasteiger partial charge in [0, 0.05) is 33.9 Å². The van der Waals surface area contributed by atoms with E-state index in [4.69, 9.17) is 0 Å². The van der Waals surface area contributed by atoms with Crippen LogP contribution in [0.3, 0.4) is 0 Å². The summed E-state index contributed by atoms with van der Waals surface area (Å²) in [5.74, 6) is 4.72. The van der Waals surface area contributed by atoms with E-state index in [1.54, 1.807) is 0 Å². The molecule has 1 aliphatic heterocycles. The Morgan fingerprint density at radius 1 is 1.00 bits per heavy atom. The van der Waals surface area contributed by atoms with Crippen LogP contribution in [-0.2, 0) is 10.8 Å². The fraction of sp³-hybridized carbons (Fsp3) is 1.00. The normalized spacial score (nSPS) is 55.4. The van der Waals surface area contributed by atoms with Crippen molar-refractivity contribution in [3.05, 3.63) is 0 Å². The molecule has 0 radical (unpaired) electrons. The van der Waals surface area contributed by atoms with E-state index in [1.165, 1.54) is 38.5 Å². The molecule has 1 heterocycles. The smallest absolute Gasteiger partial charge is 0.0412 e. The highest BCUT2D eigenvalue weighted by molar-refractivity contribution is 7.85. The first-order chi connectivity index (χ1) is 8.94. The lowest BCUT2D eigenvalue weighted by molar-refractivity contribution is -0.0739. The average molecular weight is 281 g/mol. The maximum atomic E-state index is 12.3. The Labute approximate surface area is 119 Å². The monoisotopic (exact) mass is 281 g/mol. The van der Waals surface area contributed by atoms with Crippen molar-refractivity contribution in [1.29, 1.82) is 0 Å². The molecule has 2 nitrogen and oxygen atoms in total. The summed E-state index contributed by atoms with van der Waals surface area (Å²) in [6, 6.07) is 0.519. The number of hydrogen-bond donors (Lipinski definition) is 1. The van der Waals surface area contributed by atoms with Crippen LogP contribution in [0.15, 0.2) is 0 Å². The Morgan fingerprint density at radius 3 is 2.00 bits per heavy atom. The van der Waals surface area contributed by atoms with Crippen molar-refractivity contribution < 1.29 is 4.21 Å². The van der Waals surface area contributed by atoms with Gasteiger partial charge in [-0.25, -0.2) is 0 Å². The third-order valence-corrected chi connectivity index (χ3v) is 8.01. The first kappa shape index (κ1) is 12.8. The highest BCUT2D eigenvalue weighted by Gasteiger charge is 2.55. The van der Waals surface area contributed by atoms with Gasteiger partial charge in [0.25, 0.3) is 0 Å². The van der Waals surface area contributed by atoms with Crippen molar-refractivity contribution in [2.75, 3.05) is 11.5 Å². The van der Waals surface area contributed by atoms with Gasteiger partial charge in [0.1, 0.15) is 0 Å². The standard InChI is InChI=1S/C16H27NOS/c1-15(2)10-19(18)9-14(17-15)16-6-11-3-12(7-16)5-13(4-11)8-16/h11-14,17H,3-10H2,1-2H3. The van der Waals surface area contributed by atoms with Gasteiger partial charge in [-0.05, 0) is 75.5 Å². The van der Waals surface area contributed by atoms with Crippen molar-refractivity contribution in [2.45, 2.75) is 64.0 Å². The molecule has 3 heteroatoms. The van der Waals surface area contributed by atoms with Crippen LogP contribution in [0, 0.1) is 23.2 Å². The average Bonchev–Trinajstić information content (AvgIpc) is 2.23. The van der Waals surface area contributed by atoms with Gasteiger partial charge >= 0.3 is 0 Å². The fourth-order valence-corrected chi connectivity index (χ4v) is 7.95. The molecule has 0 amide bonds. The molecule has 4 bridgehead atoms. The van der Waals surface area contributed by atoms with Crippen LogP contribution < -0.4 is 5.32 Å². The first-order valence-electron chi connectivity index (χ1n) is 8.07. The lowest BCUT2D eigenvalue weighted by atomic mass is 9.47. The second-order valence-electron chi connectivity index (χ2n) is 8.61. The molecule has 4 saturated carbocycles. The zero-order chi connectivity index (χ0) is 13.3. The summed E-state index contributed by atoms with van der Waals surface area (Å²) < 4.78 is 12.3. The topological polar surface area (TPSA) is 29.1 Å². The predicted molar refractivity (Wildman–Crippen MR) is 79.5 cm³/mol. The molecule has 0 aromatic carbocycles. The van der Waals surface area contributed by atoms with Crippen LogP contribution in [0.25, 0.3) is 0 Å². The summed E-state index contributed by atoms with van der Waals surface area (Å²) in [4.78, 5) is 0. The minimum atomic E-state index is -0.615. The van der Waals surface area contributed by atoms with E-state index in [9.17, 15) is 4.21 Å². The maximum absolute atomic E-state index is 12.3. The van der Waals surface area contributed by atoms with Crippen LogP contribution in [0.5, 0.6) is 0 Å². The van der Waals surface area contributed by atoms with Gasteiger partial charge in [0.15, 0.2) is 0 Å². The van der Waals surface area contributed by atoms with Crippen LogP contribution in [0.1, 0.15) is 52.4 Å². The molecular weight excluding hydrogens is 254 g/mol. The summed E-state index contributed by atoms with van der Waals surface area (Å²) in [7, 11) is -0.615. The van der Waals surface area contributed by atoms with E-state index in [-0.39, 0.29) is 5.54 Å². The van der Waals surface area contributed by atoms with Gasteiger partial charge in [0.2, 0.25) is 0 Å². The molecule has 5 rings (SSSR count). The molecule has 19 heavy (non-hydrogen) atoms. The Kier molecular flexibility index (Phi) is 2.74. The van der Waals surface area contributed by atoms with Crippen LogP contribution >= 0.6 is 0 Å². The van der Waals surface area contributed by atoms with E-state index in [0.29, 0.717) is 11.5 Å². The molecule has 2 unspecified atom stereocenters.